The molecule has 1 aliphatic carbocycles. The van der Waals surface area contributed by atoms with Crippen LogP contribution < -0.4 is 0 Å². The zero-order valence-electron chi connectivity index (χ0n) is 16.1. The minimum Gasteiger partial charge on any atom is -0.290 e. The van der Waals surface area contributed by atoms with Gasteiger partial charge in [0.05, 0.1) is 6.04 Å². The van der Waals surface area contributed by atoms with E-state index in [4.69, 9.17) is 4.84 Å². The molecule has 0 aliphatic heterocycles. The van der Waals surface area contributed by atoms with Gasteiger partial charge in [-0.1, -0.05) is 62.4 Å². The zero-order valence-corrected chi connectivity index (χ0v) is 16.1. The van der Waals surface area contributed by atoms with E-state index in [0.29, 0.717) is 5.92 Å². The van der Waals surface area contributed by atoms with Gasteiger partial charge >= 0.3 is 0 Å². The van der Waals surface area contributed by atoms with Gasteiger partial charge in [0.1, 0.15) is 6.10 Å². The maximum atomic E-state index is 6.54. The van der Waals surface area contributed by atoms with Gasteiger partial charge in [0, 0.05) is 5.54 Å². The summed E-state index contributed by atoms with van der Waals surface area (Å²) in [5.74, 6) is 0.473. The first-order chi connectivity index (χ1) is 11.3. The molecular formula is C22H33NO. The molecule has 24 heavy (non-hydrogen) atoms. The summed E-state index contributed by atoms with van der Waals surface area (Å²) in [5.41, 5.74) is 2.51. The van der Waals surface area contributed by atoms with Crippen LogP contribution in [-0.4, -0.2) is 16.6 Å². The maximum absolute atomic E-state index is 6.54. The Balaban J connectivity index is 2.29. The molecule has 0 N–H and O–H groups in total. The zero-order chi connectivity index (χ0) is 17.7. The number of rotatable bonds is 6. The summed E-state index contributed by atoms with van der Waals surface area (Å²) < 4.78 is 0. The summed E-state index contributed by atoms with van der Waals surface area (Å²) in [5, 5.41) is 2.22. The lowest BCUT2D eigenvalue weighted by molar-refractivity contribution is -0.262. The molecule has 2 nitrogen and oxygen atoms in total. The Morgan fingerprint density at radius 3 is 2.17 bits per heavy atom. The molecule has 0 saturated carbocycles. The van der Waals surface area contributed by atoms with Gasteiger partial charge in [-0.2, -0.15) is 5.06 Å². The Kier molecular flexibility index (Phi) is 6.42. The summed E-state index contributed by atoms with van der Waals surface area (Å²) in [6.07, 6.45) is 9.24. The van der Waals surface area contributed by atoms with Gasteiger partial charge in [0.15, 0.2) is 0 Å². The van der Waals surface area contributed by atoms with Crippen LogP contribution in [0.1, 0.15) is 66.1 Å². The van der Waals surface area contributed by atoms with Crippen molar-refractivity contribution in [3.8, 4) is 0 Å². The lowest BCUT2D eigenvalue weighted by Gasteiger charge is -2.44. The van der Waals surface area contributed by atoms with Gasteiger partial charge in [-0.3, -0.25) is 4.84 Å². The van der Waals surface area contributed by atoms with Crippen molar-refractivity contribution >= 4 is 0 Å². The number of hydrogen-bond acceptors (Lipinski definition) is 2. The molecule has 2 rings (SSSR count). The van der Waals surface area contributed by atoms with Crippen LogP contribution in [0.5, 0.6) is 0 Å². The van der Waals surface area contributed by atoms with Gasteiger partial charge in [-0.05, 0) is 57.6 Å². The van der Waals surface area contributed by atoms with Crippen LogP contribution in [0.3, 0.4) is 0 Å². The van der Waals surface area contributed by atoms with Crippen LogP contribution in [0, 0.1) is 5.92 Å². The van der Waals surface area contributed by atoms with Gasteiger partial charge in [-0.15, -0.1) is 0 Å². The second kappa shape index (κ2) is 8.13. The summed E-state index contributed by atoms with van der Waals surface area (Å²) in [4.78, 5) is 6.54. The van der Waals surface area contributed by atoms with E-state index in [-0.39, 0.29) is 17.7 Å². The molecule has 0 spiro atoms. The first kappa shape index (κ1) is 19.0. The second-order valence-corrected chi connectivity index (χ2v) is 8.03. The molecule has 1 aromatic carbocycles. The minimum absolute atomic E-state index is 0.0276. The SMILES string of the molecule is CC(ON(C(C1=CCCC=C1)C(C)C)C(C)(C)C)c1ccccc1. The highest BCUT2D eigenvalue weighted by Crippen LogP contribution is 2.33. The van der Waals surface area contributed by atoms with Crippen LogP contribution in [0.2, 0.25) is 0 Å². The Labute approximate surface area is 148 Å². The summed E-state index contributed by atoms with van der Waals surface area (Å²) >= 11 is 0. The van der Waals surface area contributed by atoms with Crippen LogP contribution in [0.4, 0.5) is 0 Å². The molecular weight excluding hydrogens is 294 g/mol. The molecule has 0 aromatic heterocycles. The topological polar surface area (TPSA) is 12.5 Å². The molecule has 2 atom stereocenters. The molecule has 0 amide bonds. The summed E-state index contributed by atoms with van der Waals surface area (Å²) in [6.45, 7) is 13.4. The van der Waals surface area contributed by atoms with Gasteiger partial charge in [-0.25, -0.2) is 0 Å². The Hall–Kier alpha value is -1.38. The highest BCUT2D eigenvalue weighted by atomic mass is 16.7. The standard InChI is InChI=1S/C22H33NO/c1-17(2)21(20-15-11-8-12-16-20)23(22(4,5)6)24-18(3)19-13-9-7-10-14-19/h7,9-11,13-18,21H,8,12H2,1-6H3. The third kappa shape index (κ3) is 4.81. The van der Waals surface area contributed by atoms with Crippen LogP contribution in [0.15, 0.2) is 54.1 Å². The number of hydrogen-bond donors (Lipinski definition) is 0. The van der Waals surface area contributed by atoms with Crippen molar-refractivity contribution in [3.63, 3.8) is 0 Å². The predicted octanol–water partition coefficient (Wildman–Crippen LogP) is 6.08. The van der Waals surface area contributed by atoms with E-state index in [0.717, 1.165) is 12.8 Å². The lowest BCUT2D eigenvalue weighted by Crippen LogP contribution is -2.51. The predicted molar refractivity (Wildman–Crippen MR) is 103 cm³/mol. The number of nitrogens with zero attached hydrogens (tertiary/aromatic N) is 1. The molecule has 0 fully saturated rings. The Morgan fingerprint density at radius 2 is 1.67 bits per heavy atom. The fourth-order valence-electron chi connectivity index (χ4n) is 3.24. The number of allylic oxidation sites excluding steroid dienone is 2. The maximum Gasteiger partial charge on any atom is 0.102 e. The fourth-order valence-corrected chi connectivity index (χ4v) is 3.24. The molecule has 1 aromatic rings. The minimum atomic E-state index is -0.0793. The Bertz CT molecular complexity index is 565. The third-order valence-electron chi connectivity index (χ3n) is 4.45. The average molecular weight is 328 g/mol. The van der Waals surface area contributed by atoms with E-state index in [1.807, 2.05) is 6.07 Å². The molecule has 132 valence electrons. The number of benzene rings is 1. The van der Waals surface area contributed by atoms with E-state index in [9.17, 15) is 0 Å². The van der Waals surface area contributed by atoms with Crippen LogP contribution >= 0.6 is 0 Å². The molecule has 0 radical (unpaired) electrons. The number of hydroxylamine groups is 2. The second-order valence-electron chi connectivity index (χ2n) is 8.03. The highest BCUT2D eigenvalue weighted by molar-refractivity contribution is 5.28. The van der Waals surface area contributed by atoms with Crippen molar-refractivity contribution < 1.29 is 4.84 Å². The lowest BCUT2D eigenvalue weighted by atomic mass is 9.89. The fraction of sp³-hybridized carbons (Fsp3) is 0.545. The first-order valence-corrected chi connectivity index (χ1v) is 9.18. The molecule has 1 aliphatic rings. The van der Waals surface area contributed by atoms with Gasteiger partial charge in [0.2, 0.25) is 0 Å². The average Bonchev–Trinajstić information content (AvgIpc) is 2.55. The van der Waals surface area contributed by atoms with Crippen molar-refractivity contribution in [1.82, 2.24) is 5.06 Å². The normalized spacial score (nSPS) is 17.9. The highest BCUT2D eigenvalue weighted by Gasteiger charge is 2.35. The van der Waals surface area contributed by atoms with Crippen molar-refractivity contribution in [2.75, 3.05) is 0 Å². The molecule has 0 bridgehead atoms. The molecule has 0 heterocycles. The molecule has 0 saturated heterocycles. The largest absolute Gasteiger partial charge is 0.290 e. The monoisotopic (exact) mass is 327 g/mol. The van der Waals surface area contributed by atoms with Crippen molar-refractivity contribution in [2.24, 2.45) is 5.92 Å². The van der Waals surface area contributed by atoms with E-state index < -0.39 is 0 Å². The van der Waals surface area contributed by atoms with E-state index in [1.54, 1.807) is 0 Å². The van der Waals surface area contributed by atoms with Crippen molar-refractivity contribution in [3.05, 3.63) is 59.7 Å². The smallest absolute Gasteiger partial charge is 0.102 e. The van der Waals surface area contributed by atoms with Crippen molar-refractivity contribution in [1.29, 1.82) is 0 Å². The van der Waals surface area contributed by atoms with Crippen molar-refractivity contribution in [2.45, 2.75) is 72.1 Å². The van der Waals surface area contributed by atoms with E-state index >= 15 is 0 Å². The van der Waals surface area contributed by atoms with Gasteiger partial charge in [0.25, 0.3) is 0 Å². The molecule has 2 heteroatoms. The van der Waals surface area contributed by atoms with Gasteiger partial charge < -0.3 is 0 Å². The van der Waals surface area contributed by atoms with E-state index in [2.05, 4.69) is 89.1 Å². The summed E-state index contributed by atoms with van der Waals surface area (Å²) in [6, 6.07) is 10.7. The quantitative estimate of drug-likeness (QED) is 0.587. The summed E-state index contributed by atoms with van der Waals surface area (Å²) in [7, 11) is 0. The third-order valence-corrected chi connectivity index (χ3v) is 4.45. The molecule has 2 unspecified atom stereocenters. The van der Waals surface area contributed by atoms with Crippen LogP contribution in [0.25, 0.3) is 0 Å². The van der Waals surface area contributed by atoms with E-state index in [1.165, 1.54) is 11.1 Å². The first-order valence-electron chi connectivity index (χ1n) is 9.18. The Morgan fingerprint density at radius 1 is 1.00 bits per heavy atom. The van der Waals surface area contributed by atoms with Crippen LogP contribution in [-0.2, 0) is 4.84 Å².